The summed E-state index contributed by atoms with van der Waals surface area (Å²) >= 11 is 5.77. The lowest BCUT2D eigenvalue weighted by molar-refractivity contribution is -0.383. The van der Waals surface area contributed by atoms with E-state index in [1.807, 2.05) is 24.3 Å². The van der Waals surface area contributed by atoms with Crippen molar-refractivity contribution >= 4 is 23.0 Å². The van der Waals surface area contributed by atoms with Crippen LogP contribution in [0.2, 0.25) is 5.02 Å². The van der Waals surface area contributed by atoms with E-state index in [2.05, 4.69) is 5.32 Å². The predicted octanol–water partition coefficient (Wildman–Crippen LogP) is 3.87. The Labute approximate surface area is 121 Å². The van der Waals surface area contributed by atoms with E-state index >= 15 is 0 Å². The molecule has 0 spiro atoms. The second-order valence-corrected chi connectivity index (χ2v) is 4.56. The summed E-state index contributed by atoms with van der Waals surface area (Å²) in [6.07, 6.45) is 0. The fourth-order valence-electron chi connectivity index (χ4n) is 1.75. The van der Waals surface area contributed by atoms with Gasteiger partial charge in [0.1, 0.15) is 11.4 Å². The molecule has 2 aromatic rings. The molecule has 0 atom stereocenters. The summed E-state index contributed by atoms with van der Waals surface area (Å²) in [6.45, 7) is 0.479. The first-order valence-electron chi connectivity index (χ1n) is 5.91. The molecule has 0 aromatic heterocycles. The van der Waals surface area contributed by atoms with Crippen LogP contribution in [0.15, 0.2) is 42.5 Å². The molecular formula is C14H13ClN2O3. The predicted molar refractivity (Wildman–Crippen MR) is 78.4 cm³/mol. The number of rotatable bonds is 5. The van der Waals surface area contributed by atoms with E-state index in [1.165, 1.54) is 6.07 Å². The van der Waals surface area contributed by atoms with Crippen molar-refractivity contribution in [3.8, 4) is 5.75 Å². The Hall–Kier alpha value is -2.27. The number of ether oxygens (including phenoxy) is 1. The highest BCUT2D eigenvalue weighted by Gasteiger charge is 2.13. The molecule has 0 aliphatic heterocycles. The van der Waals surface area contributed by atoms with Gasteiger partial charge in [-0.05, 0) is 29.8 Å². The minimum atomic E-state index is -0.456. The van der Waals surface area contributed by atoms with Gasteiger partial charge in [-0.1, -0.05) is 23.7 Å². The van der Waals surface area contributed by atoms with Gasteiger partial charge >= 0.3 is 0 Å². The first-order valence-corrected chi connectivity index (χ1v) is 6.28. The van der Waals surface area contributed by atoms with Gasteiger partial charge in [-0.2, -0.15) is 0 Å². The highest BCUT2D eigenvalue weighted by atomic mass is 35.5. The number of benzene rings is 2. The standard InChI is InChI=1S/C14H13ClN2O3/c1-20-12-5-2-10(3-6-12)9-16-13-7-4-11(15)8-14(13)17(18)19/h2-8,16H,9H2,1H3. The van der Waals surface area contributed by atoms with E-state index in [-0.39, 0.29) is 5.69 Å². The number of hydrogen-bond acceptors (Lipinski definition) is 4. The zero-order valence-electron chi connectivity index (χ0n) is 10.8. The highest BCUT2D eigenvalue weighted by molar-refractivity contribution is 6.30. The highest BCUT2D eigenvalue weighted by Crippen LogP contribution is 2.28. The van der Waals surface area contributed by atoms with Gasteiger partial charge in [-0.25, -0.2) is 0 Å². The number of nitrogens with one attached hydrogen (secondary N) is 1. The molecule has 104 valence electrons. The Balaban J connectivity index is 2.12. The first kappa shape index (κ1) is 14.1. The molecule has 0 amide bonds. The molecule has 6 heteroatoms. The quantitative estimate of drug-likeness (QED) is 0.671. The number of nitrogens with zero attached hydrogens (tertiary/aromatic N) is 1. The van der Waals surface area contributed by atoms with Crippen LogP contribution in [-0.2, 0) is 6.54 Å². The number of nitro groups is 1. The monoisotopic (exact) mass is 292 g/mol. The summed E-state index contributed by atoms with van der Waals surface area (Å²) in [6, 6.07) is 12.0. The van der Waals surface area contributed by atoms with E-state index in [0.717, 1.165) is 11.3 Å². The minimum absolute atomic E-state index is 0.0361. The molecule has 0 saturated carbocycles. The molecule has 0 saturated heterocycles. The summed E-state index contributed by atoms with van der Waals surface area (Å²) in [7, 11) is 1.60. The molecule has 0 radical (unpaired) electrons. The van der Waals surface area contributed by atoms with Gasteiger partial charge in [-0.3, -0.25) is 10.1 Å². The average Bonchev–Trinajstić information content (AvgIpc) is 2.46. The van der Waals surface area contributed by atoms with Crippen LogP contribution in [-0.4, -0.2) is 12.0 Å². The van der Waals surface area contributed by atoms with Crippen molar-refractivity contribution in [2.24, 2.45) is 0 Å². The molecule has 0 aliphatic rings. The van der Waals surface area contributed by atoms with Crippen molar-refractivity contribution in [1.82, 2.24) is 0 Å². The third-order valence-corrected chi connectivity index (χ3v) is 3.03. The zero-order valence-corrected chi connectivity index (χ0v) is 11.6. The maximum atomic E-state index is 11.0. The fraction of sp³-hybridized carbons (Fsp3) is 0.143. The molecule has 0 unspecified atom stereocenters. The lowest BCUT2D eigenvalue weighted by Gasteiger charge is -2.08. The lowest BCUT2D eigenvalue weighted by Crippen LogP contribution is -2.02. The molecule has 5 nitrogen and oxygen atoms in total. The van der Waals surface area contributed by atoms with E-state index in [9.17, 15) is 10.1 Å². The maximum absolute atomic E-state index is 11.0. The van der Waals surface area contributed by atoms with Gasteiger partial charge in [0.25, 0.3) is 5.69 Å². The van der Waals surface area contributed by atoms with Gasteiger partial charge in [0, 0.05) is 17.6 Å². The van der Waals surface area contributed by atoms with Crippen molar-refractivity contribution < 1.29 is 9.66 Å². The topological polar surface area (TPSA) is 64.4 Å². The normalized spacial score (nSPS) is 10.1. The van der Waals surface area contributed by atoms with Crippen molar-refractivity contribution in [2.75, 3.05) is 12.4 Å². The summed E-state index contributed by atoms with van der Waals surface area (Å²) < 4.78 is 5.07. The summed E-state index contributed by atoms with van der Waals surface area (Å²) in [5.74, 6) is 0.770. The van der Waals surface area contributed by atoms with Crippen LogP contribution in [0.25, 0.3) is 0 Å². The number of hydrogen-bond donors (Lipinski definition) is 1. The molecule has 2 aromatic carbocycles. The first-order chi connectivity index (χ1) is 9.60. The molecule has 0 heterocycles. The maximum Gasteiger partial charge on any atom is 0.293 e. The van der Waals surface area contributed by atoms with Gasteiger partial charge < -0.3 is 10.1 Å². The van der Waals surface area contributed by atoms with Crippen molar-refractivity contribution in [1.29, 1.82) is 0 Å². The van der Waals surface area contributed by atoms with E-state index in [1.54, 1.807) is 19.2 Å². The number of methoxy groups -OCH3 is 1. The zero-order chi connectivity index (χ0) is 14.5. The van der Waals surface area contributed by atoms with Gasteiger partial charge in [-0.15, -0.1) is 0 Å². The Morgan fingerprint density at radius 1 is 1.25 bits per heavy atom. The van der Waals surface area contributed by atoms with Crippen LogP contribution in [0.5, 0.6) is 5.75 Å². The lowest BCUT2D eigenvalue weighted by atomic mass is 10.2. The van der Waals surface area contributed by atoms with Gasteiger partial charge in [0.15, 0.2) is 0 Å². The van der Waals surface area contributed by atoms with E-state index in [4.69, 9.17) is 16.3 Å². The Morgan fingerprint density at radius 3 is 2.55 bits per heavy atom. The molecule has 2 rings (SSSR count). The second kappa shape index (κ2) is 6.25. The number of halogens is 1. The molecular weight excluding hydrogens is 280 g/mol. The van der Waals surface area contributed by atoms with Gasteiger partial charge in [0.2, 0.25) is 0 Å². The van der Waals surface area contributed by atoms with Crippen LogP contribution in [0.1, 0.15) is 5.56 Å². The third-order valence-electron chi connectivity index (χ3n) is 2.80. The molecule has 20 heavy (non-hydrogen) atoms. The molecule has 0 fully saturated rings. The van der Waals surface area contributed by atoms with Gasteiger partial charge in [0.05, 0.1) is 12.0 Å². The summed E-state index contributed by atoms with van der Waals surface area (Å²) in [5.41, 5.74) is 1.40. The minimum Gasteiger partial charge on any atom is -0.497 e. The average molecular weight is 293 g/mol. The Bertz CT molecular complexity index is 614. The van der Waals surface area contributed by atoms with Crippen LogP contribution < -0.4 is 10.1 Å². The molecule has 0 bridgehead atoms. The van der Waals surface area contributed by atoms with E-state index in [0.29, 0.717) is 17.3 Å². The summed E-state index contributed by atoms with van der Waals surface area (Å²) in [5, 5.41) is 14.3. The van der Waals surface area contributed by atoms with Crippen LogP contribution in [0.4, 0.5) is 11.4 Å². The number of anilines is 1. The van der Waals surface area contributed by atoms with Crippen molar-refractivity contribution in [3.05, 3.63) is 63.2 Å². The molecule has 0 aliphatic carbocycles. The largest absolute Gasteiger partial charge is 0.497 e. The van der Waals surface area contributed by atoms with Crippen LogP contribution in [0.3, 0.4) is 0 Å². The van der Waals surface area contributed by atoms with E-state index < -0.39 is 4.92 Å². The number of nitro benzene ring substituents is 1. The second-order valence-electron chi connectivity index (χ2n) is 4.12. The van der Waals surface area contributed by atoms with Crippen LogP contribution >= 0.6 is 11.6 Å². The van der Waals surface area contributed by atoms with Crippen molar-refractivity contribution in [3.63, 3.8) is 0 Å². The Kier molecular flexibility index (Phi) is 4.42. The Morgan fingerprint density at radius 2 is 1.95 bits per heavy atom. The third kappa shape index (κ3) is 3.39. The smallest absolute Gasteiger partial charge is 0.293 e. The molecule has 1 N–H and O–H groups in total. The summed E-state index contributed by atoms with van der Waals surface area (Å²) in [4.78, 5) is 10.5. The fourth-order valence-corrected chi connectivity index (χ4v) is 1.91. The van der Waals surface area contributed by atoms with Crippen molar-refractivity contribution in [2.45, 2.75) is 6.54 Å². The van der Waals surface area contributed by atoms with Crippen LogP contribution in [0, 0.1) is 10.1 Å². The SMILES string of the molecule is COc1ccc(CNc2ccc(Cl)cc2[N+](=O)[O-])cc1.